The molecule has 0 spiro atoms. The first kappa shape index (κ1) is 8.45. The molecule has 0 unspecified atom stereocenters. The van der Waals surface area contributed by atoms with Gasteiger partial charge < -0.3 is 0 Å². The van der Waals surface area contributed by atoms with Crippen molar-refractivity contribution in [2.24, 2.45) is 0 Å². The summed E-state index contributed by atoms with van der Waals surface area (Å²) in [7, 11) is 0. The van der Waals surface area contributed by atoms with Gasteiger partial charge in [0.2, 0.25) is 0 Å². The fourth-order valence-corrected chi connectivity index (χ4v) is 0.908. The van der Waals surface area contributed by atoms with E-state index in [-0.39, 0.29) is 4.68 Å². The molecule has 1 aromatic rings. The number of alkyl halides is 3. The molecule has 0 radical (unpaired) electrons. The van der Waals surface area contributed by atoms with Crippen molar-refractivity contribution in [2.45, 2.75) is 11.2 Å². The minimum atomic E-state index is -4.39. The molecule has 0 aliphatic rings. The van der Waals surface area contributed by atoms with E-state index in [9.17, 15) is 13.2 Å². The summed E-state index contributed by atoms with van der Waals surface area (Å²) in [4.78, 5) is 0.502. The highest BCUT2D eigenvalue weighted by Gasteiger charge is 2.31. The van der Waals surface area contributed by atoms with Gasteiger partial charge in [0, 0.05) is 11.1 Å². The third-order valence-electron chi connectivity index (χ3n) is 1.05. The molecule has 1 heterocycles. The van der Waals surface area contributed by atoms with Crippen LogP contribution < -0.4 is 0 Å². The highest BCUT2D eigenvalue weighted by atomic mass is 32.2. The molecule has 0 atom stereocenters. The van der Waals surface area contributed by atoms with E-state index in [1.165, 1.54) is 18.0 Å². The lowest BCUT2D eigenvalue weighted by molar-refractivity contribution is -0.212. The maximum absolute atomic E-state index is 11.8. The van der Waals surface area contributed by atoms with Crippen molar-refractivity contribution in [1.82, 2.24) is 9.78 Å². The zero-order chi connectivity index (χ0) is 8.48. The minimum Gasteiger partial charge on any atom is -0.178 e. The molecular formula is C5H5F3N2S. The first-order valence-electron chi connectivity index (χ1n) is 2.70. The Morgan fingerprint density at radius 2 is 2.18 bits per heavy atom. The Kier molecular flexibility index (Phi) is 2.12. The van der Waals surface area contributed by atoms with Gasteiger partial charge in [-0.2, -0.15) is 9.78 Å². The van der Waals surface area contributed by atoms with E-state index in [0.717, 1.165) is 6.20 Å². The van der Waals surface area contributed by atoms with Crippen molar-refractivity contribution in [3.8, 4) is 0 Å². The van der Waals surface area contributed by atoms with Crippen LogP contribution in [0.2, 0.25) is 0 Å². The highest BCUT2D eigenvalue weighted by Crippen LogP contribution is 2.23. The average molecular weight is 182 g/mol. The van der Waals surface area contributed by atoms with Crippen LogP contribution in [0.4, 0.5) is 13.2 Å². The lowest BCUT2D eigenvalue weighted by Gasteiger charge is -2.03. The number of aromatic nitrogens is 2. The van der Waals surface area contributed by atoms with Gasteiger partial charge in [-0.3, -0.25) is 0 Å². The molecule has 2 nitrogen and oxygen atoms in total. The molecule has 1 rings (SSSR count). The van der Waals surface area contributed by atoms with Crippen molar-refractivity contribution >= 4 is 11.8 Å². The molecule has 6 heteroatoms. The van der Waals surface area contributed by atoms with Crippen LogP contribution in [0.3, 0.4) is 0 Å². The topological polar surface area (TPSA) is 17.8 Å². The normalized spacial score (nSPS) is 12.0. The molecule has 0 bridgehead atoms. The number of thioether (sulfide) groups is 1. The largest absolute Gasteiger partial charge is 0.504 e. The Morgan fingerprint density at radius 3 is 2.45 bits per heavy atom. The van der Waals surface area contributed by atoms with E-state index in [1.807, 2.05) is 0 Å². The smallest absolute Gasteiger partial charge is 0.178 e. The Morgan fingerprint density at radius 1 is 1.55 bits per heavy atom. The second-order valence-corrected chi connectivity index (χ2v) is 2.67. The predicted molar refractivity (Wildman–Crippen MR) is 35.3 cm³/mol. The number of hydrogen-bond donors (Lipinski definition) is 0. The summed E-state index contributed by atoms with van der Waals surface area (Å²) in [6.45, 7) is 0. The molecule has 0 aliphatic carbocycles. The van der Waals surface area contributed by atoms with Crippen molar-refractivity contribution in [2.75, 3.05) is 6.26 Å². The van der Waals surface area contributed by atoms with Gasteiger partial charge in [-0.05, 0) is 6.26 Å². The number of nitrogens with zero attached hydrogens (tertiary/aromatic N) is 2. The van der Waals surface area contributed by atoms with E-state index in [4.69, 9.17) is 0 Å². The highest BCUT2D eigenvalue weighted by molar-refractivity contribution is 7.98. The van der Waals surface area contributed by atoms with Gasteiger partial charge in [-0.25, -0.2) is 0 Å². The Labute approximate surface area is 65.4 Å². The molecule has 0 aromatic carbocycles. The maximum Gasteiger partial charge on any atom is 0.504 e. The van der Waals surface area contributed by atoms with Gasteiger partial charge in [0.15, 0.2) is 0 Å². The summed E-state index contributed by atoms with van der Waals surface area (Å²) in [6, 6.07) is 0. The lowest BCUT2D eigenvalue weighted by Crippen LogP contribution is -2.16. The molecule has 0 amide bonds. The molecule has 0 N–H and O–H groups in total. The van der Waals surface area contributed by atoms with Gasteiger partial charge in [0.1, 0.15) is 0 Å². The second kappa shape index (κ2) is 2.77. The quantitative estimate of drug-likeness (QED) is 0.619. The third kappa shape index (κ3) is 1.89. The minimum absolute atomic E-state index is 0.0150. The molecular weight excluding hydrogens is 177 g/mol. The molecule has 0 saturated heterocycles. The third-order valence-corrected chi connectivity index (χ3v) is 1.74. The summed E-state index contributed by atoms with van der Waals surface area (Å²) in [5, 5.41) is 3.13. The summed E-state index contributed by atoms with van der Waals surface area (Å²) >= 11 is 1.22. The summed E-state index contributed by atoms with van der Waals surface area (Å²) in [5.74, 6) is 0. The van der Waals surface area contributed by atoms with Crippen molar-refractivity contribution in [1.29, 1.82) is 0 Å². The Balaban J connectivity index is 2.89. The van der Waals surface area contributed by atoms with Crippen LogP contribution in [-0.2, 0) is 6.30 Å². The van der Waals surface area contributed by atoms with Crippen LogP contribution in [-0.4, -0.2) is 16.0 Å². The first-order valence-corrected chi connectivity index (χ1v) is 3.92. The van der Waals surface area contributed by atoms with Gasteiger partial charge in [0.25, 0.3) is 0 Å². The number of hydrogen-bond acceptors (Lipinski definition) is 2. The summed E-state index contributed by atoms with van der Waals surface area (Å²) in [6.07, 6.45) is -0.575. The van der Waals surface area contributed by atoms with Crippen molar-refractivity contribution in [3.05, 3.63) is 12.4 Å². The first-order chi connectivity index (χ1) is 5.04. The van der Waals surface area contributed by atoms with E-state index in [1.54, 1.807) is 6.26 Å². The van der Waals surface area contributed by atoms with Crippen LogP contribution in [0.25, 0.3) is 0 Å². The molecule has 11 heavy (non-hydrogen) atoms. The zero-order valence-electron chi connectivity index (χ0n) is 5.59. The second-order valence-electron chi connectivity index (χ2n) is 1.79. The zero-order valence-corrected chi connectivity index (χ0v) is 6.41. The van der Waals surface area contributed by atoms with Crippen LogP contribution in [0.1, 0.15) is 0 Å². The molecule has 1 aromatic heterocycles. The van der Waals surface area contributed by atoms with E-state index < -0.39 is 6.30 Å². The van der Waals surface area contributed by atoms with Crippen LogP contribution in [0.5, 0.6) is 0 Å². The Bertz CT molecular complexity index is 242. The fourth-order valence-electron chi connectivity index (χ4n) is 0.550. The fraction of sp³-hybridized carbons (Fsp3) is 0.400. The van der Waals surface area contributed by atoms with Gasteiger partial charge in [-0.1, -0.05) is 0 Å². The van der Waals surface area contributed by atoms with Crippen molar-refractivity contribution in [3.63, 3.8) is 0 Å². The Hall–Kier alpha value is -0.650. The molecule has 0 fully saturated rings. The lowest BCUT2D eigenvalue weighted by atomic mass is 10.7. The van der Waals surface area contributed by atoms with Gasteiger partial charge in [-0.15, -0.1) is 24.9 Å². The summed E-state index contributed by atoms with van der Waals surface area (Å²) in [5.41, 5.74) is 0. The van der Waals surface area contributed by atoms with Gasteiger partial charge in [0.05, 0.1) is 6.20 Å². The van der Waals surface area contributed by atoms with E-state index in [0.29, 0.717) is 4.90 Å². The van der Waals surface area contributed by atoms with E-state index in [2.05, 4.69) is 5.10 Å². The average Bonchev–Trinajstić information content (AvgIpc) is 2.32. The van der Waals surface area contributed by atoms with E-state index >= 15 is 0 Å². The summed E-state index contributed by atoms with van der Waals surface area (Å²) < 4.78 is 35.5. The van der Waals surface area contributed by atoms with Gasteiger partial charge >= 0.3 is 6.30 Å². The van der Waals surface area contributed by atoms with Crippen LogP contribution in [0, 0.1) is 0 Å². The number of halogens is 3. The predicted octanol–water partition coefficient (Wildman–Crippen LogP) is 2.08. The van der Waals surface area contributed by atoms with Crippen LogP contribution in [0.15, 0.2) is 17.3 Å². The van der Waals surface area contributed by atoms with Crippen LogP contribution >= 0.6 is 11.8 Å². The maximum atomic E-state index is 11.8. The number of rotatable bonds is 1. The monoisotopic (exact) mass is 182 g/mol. The SMILES string of the molecule is CSc1cnn(C(F)(F)F)c1. The molecule has 0 aliphatic heterocycles. The van der Waals surface area contributed by atoms with Crippen molar-refractivity contribution < 1.29 is 13.2 Å². The standard InChI is InChI=1S/C5H5F3N2S/c1-11-4-2-9-10(3-4)5(6,7)8/h2-3H,1H3. The molecule has 0 saturated carbocycles. The molecule has 62 valence electrons.